The number of aromatic nitrogens is 2. The summed E-state index contributed by atoms with van der Waals surface area (Å²) in [6.07, 6.45) is 0. The van der Waals surface area contributed by atoms with Crippen molar-refractivity contribution in [3.63, 3.8) is 0 Å². The minimum absolute atomic E-state index is 0.0114. The Labute approximate surface area is 214 Å². The molecule has 5 aromatic rings. The first kappa shape index (κ1) is 22.9. The molecule has 0 radical (unpaired) electrons. The van der Waals surface area contributed by atoms with Gasteiger partial charge < -0.3 is 19.2 Å². The van der Waals surface area contributed by atoms with E-state index in [0.29, 0.717) is 38.7 Å². The molecule has 1 aliphatic rings. The van der Waals surface area contributed by atoms with Gasteiger partial charge in [-0.3, -0.25) is 18.7 Å². The van der Waals surface area contributed by atoms with Crippen LogP contribution in [0, 0.1) is 6.92 Å². The van der Waals surface area contributed by atoms with Crippen LogP contribution in [0.15, 0.2) is 74.7 Å². The predicted molar refractivity (Wildman–Crippen MR) is 139 cm³/mol. The first-order valence-corrected chi connectivity index (χ1v) is 11.9. The van der Waals surface area contributed by atoms with E-state index in [0.717, 1.165) is 10.1 Å². The minimum Gasteiger partial charge on any atom is -0.454 e. The smallest absolute Gasteiger partial charge is 0.332 e. The van der Waals surface area contributed by atoms with Gasteiger partial charge in [-0.15, -0.1) is 0 Å². The van der Waals surface area contributed by atoms with Crippen LogP contribution in [-0.4, -0.2) is 21.8 Å². The van der Waals surface area contributed by atoms with Crippen molar-refractivity contribution in [2.45, 2.75) is 20.0 Å². The number of furan rings is 1. The third-order valence-electron chi connectivity index (χ3n) is 6.22. The molecule has 1 aliphatic heterocycles. The Bertz CT molecular complexity index is 1830. The summed E-state index contributed by atoms with van der Waals surface area (Å²) in [4.78, 5) is 40.2. The Kier molecular flexibility index (Phi) is 5.49. The van der Waals surface area contributed by atoms with Crippen molar-refractivity contribution < 1.29 is 18.7 Å². The van der Waals surface area contributed by atoms with Crippen molar-refractivity contribution in [3.8, 4) is 11.5 Å². The van der Waals surface area contributed by atoms with Crippen LogP contribution in [0.25, 0.3) is 22.1 Å². The second kappa shape index (κ2) is 8.86. The van der Waals surface area contributed by atoms with Gasteiger partial charge in [-0.1, -0.05) is 35.9 Å². The van der Waals surface area contributed by atoms with Gasteiger partial charge in [0.2, 0.25) is 18.3 Å². The number of rotatable bonds is 5. The van der Waals surface area contributed by atoms with Crippen molar-refractivity contribution in [3.05, 3.63) is 97.7 Å². The number of benzene rings is 3. The maximum atomic E-state index is 13.7. The van der Waals surface area contributed by atoms with Crippen molar-refractivity contribution in [2.75, 3.05) is 12.1 Å². The summed E-state index contributed by atoms with van der Waals surface area (Å²) in [6.45, 7) is 1.59. The highest BCUT2D eigenvalue weighted by atomic mass is 35.5. The zero-order chi connectivity index (χ0) is 25.7. The van der Waals surface area contributed by atoms with E-state index in [1.165, 1.54) is 4.57 Å². The normalized spacial score (nSPS) is 12.4. The molecule has 3 heterocycles. The molecule has 9 nitrogen and oxygen atoms in total. The topological polar surface area (TPSA) is 105 Å². The van der Waals surface area contributed by atoms with Gasteiger partial charge in [0, 0.05) is 5.39 Å². The third kappa shape index (κ3) is 4.03. The summed E-state index contributed by atoms with van der Waals surface area (Å²) in [5.74, 6) is 0.644. The van der Waals surface area contributed by atoms with Gasteiger partial charge in [0.15, 0.2) is 11.5 Å². The van der Waals surface area contributed by atoms with Gasteiger partial charge in [0.05, 0.1) is 17.3 Å². The monoisotopic (exact) mass is 517 g/mol. The summed E-state index contributed by atoms with van der Waals surface area (Å²) >= 11 is 6.28. The lowest BCUT2D eigenvalue weighted by Crippen LogP contribution is -2.41. The number of halogens is 1. The Morgan fingerprint density at radius 3 is 2.65 bits per heavy atom. The van der Waals surface area contributed by atoms with Crippen molar-refractivity contribution in [2.24, 2.45) is 0 Å². The van der Waals surface area contributed by atoms with Crippen LogP contribution < -0.4 is 26.0 Å². The molecule has 0 atom stereocenters. The van der Waals surface area contributed by atoms with Crippen molar-refractivity contribution in [1.82, 2.24) is 9.13 Å². The van der Waals surface area contributed by atoms with Crippen molar-refractivity contribution >= 4 is 45.3 Å². The molecule has 0 fully saturated rings. The van der Waals surface area contributed by atoms with E-state index in [-0.39, 0.29) is 31.0 Å². The molecule has 1 amide bonds. The average molecular weight is 518 g/mol. The fraction of sp³-hybridized carbons (Fsp3) is 0.148. The van der Waals surface area contributed by atoms with E-state index in [1.54, 1.807) is 54.6 Å². The largest absolute Gasteiger partial charge is 0.454 e. The molecular formula is C27H20ClN3O6. The van der Waals surface area contributed by atoms with Gasteiger partial charge in [0.25, 0.3) is 5.56 Å². The lowest BCUT2D eigenvalue weighted by molar-refractivity contribution is -0.116. The molecule has 0 unspecified atom stereocenters. The van der Waals surface area contributed by atoms with Crippen LogP contribution in [0.3, 0.4) is 0 Å². The molecule has 3 aromatic carbocycles. The zero-order valence-corrected chi connectivity index (χ0v) is 20.4. The third-order valence-corrected chi connectivity index (χ3v) is 6.53. The first-order chi connectivity index (χ1) is 17.9. The second-order valence-electron chi connectivity index (χ2n) is 8.76. The fourth-order valence-corrected chi connectivity index (χ4v) is 4.74. The first-order valence-electron chi connectivity index (χ1n) is 11.5. The lowest BCUT2D eigenvalue weighted by Gasteiger charge is -2.13. The Balaban J connectivity index is 1.46. The minimum atomic E-state index is -0.646. The lowest BCUT2D eigenvalue weighted by atomic mass is 10.2. The molecule has 0 saturated heterocycles. The SMILES string of the molecule is Cc1ccc(NC(=O)Cn2c(=O)n(Cc3ccc4c(c3)OCO4)c(=O)c3oc4ccccc4c32)c(Cl)c1. The molecular weight excluding hydrogens is 498 g/mol. The number of amides is 1. The number of nitrogens with one attached hydrogen (secondary N) is 1. The molecule has 0 saturated carbocycles. The Morgan fingerprint density at radius 1 is 1.00 bits per heavy atom. The van der Waals surface area contributed by atoms with Crippen LogP contribution in [0.1, 0.15) is 11.1 Å². The number of aryl methyl sites for hydroxylation is 1. The summed E-state index contributed by atoms with van der Waals surface area (Å²) in [7, 11) is 0. The van der Waals surface area contributed by atoms with Crippen LogP contribution in [0.5, 0.6) is 11.5 Å². The summed E-state index contributed by atoms with van der Waals surface area (Å²) < 4.78 is 18.9. The van der Waals surface area contributed by atoms with Gasteiger partial charge in [-0.2, -0.15) is 0 Å². The van der Waals surface area contributed by atoms with E-state index in [4.69, 9.17) is 25.5 Å². The highest BCUT2D eigenvalue weighted by Crippen LogP contribution is 2.33. The maximum absolute atomic E-state index is 13.7. The molecule has 6 rings (SSSR count). The Hall–Kier alpha value is -4.50. The number of fused-ring (bicyclic) bond motifs is 4. The van der Waals surface area contributed by atoms with Crippen LogP contribution >= 0.6 is 11.6 Å². The molecule has 2 aromatic heterocycles. The average Bonchev–Trinajstić information content (AvgIpc) is 3.51. The standard InChI is InChI=1S/C27H20ClN3O6/c1-15-6-8-19(18(28)10-15)29-23(32)13-30-24-17-4-2-3-5-20(17)37-25(24)26(33)31(27(30)34)12-16-7-9-21-22(11-16)36-14-35-21/h2-11H,12-14H2,1H3,(H,29,32). The quantitative estimate of drug-likeness (QED) is 0.373. The van der Waals surface area contributed by atoms with E-state index in [9.17, 15) is 14.4 Å². The summed E-state index contributed by atoms with van der Waals surface area (Å²) in [6, 6.07) is 17.4. The fourth-order valence-electron chi connectivity index (χ4n) is 4.46. The van der Waals surface area contributed by atoms with Gasteiger partial charge >= 0.3 is 5.69 Å². The van der Waals surface area contributed by atoms with Crippen LogP contribution in [-0.2, 0) is 17.9 Å². The van der Waals surface area contributed by atoms with E-state index in [1.807, 2.05) is 13.0 Å². The molecule has 37 heavy (non-hydrogen) atoms. The number of carbonyl (C=O) groups is 1. The molecule has 10 heteroatoms. The highest BCUT2D eigenvalue weighted by Gasteiger charge is 2.22. The number of para-hydroxylation sites is 1. The number of ether oxygens (including phenoxy) is 2. The van der Waals surface area contributed by atoms with Gasteiger partial charge in [-0.25, -0.2) is 4.79 Å². The number of hydrogen-bond donors (Lipinski definition) is 1. The number of anilines is 1. The second-order valence-corrected chi connectivity index (χ2v) is 9.16. The molecule has 0 aliphatic carbocycles. The maximum Gasteiger partial charge on any atom is 0.332 e. The highest BCUT2D eigenvalue weighted by molar-refractivity contribution is 6.33. The van der Waals surface area contributed by atoms with E-state index < -0.39 is 17.2 Å². The zero-order valence-electron chi connectivity index (χ0n) is 19.6. The van der Waals surface area contributed by atoms with Gasteiger partial charge in [-0.05, 0) is 54.4 Å². The summed E-state index contributed by atoms with van der Waals surface area (Å²) in [5.41, 5.74) is 1.47. The van der Waals surface area contributed by atoms with Crippen LogP contribution in [0.4, 0.5) is 5.69 Å². The molecule has 0 spiro atoms. The molecule has 186 valence electrons. The predicted octanol–water partition coefficient (Wildman–Crippen LogP) is 4.29. The number of carbonyl (C=O) groups excluding carboxylic acids is 1. The molecule has 1 N–H and O–H groups in total. The number of nitrogens with zero attached hydrogens (tertiary/aromatic N) is 2. The van der Waals surface area contributed by atoms with Gasteiger partial charge in [0.1, 0.15) is 17.6 Å². The molecule has 0 bridgehead atoms. The Morgan fingerprint density at radius 2 is 1.81 bits per heavy atom. The van der Waals surface area contributed by atoms with Crippen LogP contribution in [0.2, 0.25) is 5.02 Å². The van der Waals surface area contributed by atoms with Crippen molar-refractivity contribution in [1.29, 1.82) is 0 Å². The summed E-state index contributed by atoms with van der Waals surface area (Å²) in [5, 5.41) is 3.69. The van der Waals surface area contributed by atoms with E-state index >= 15 is 0 Å². The van der Waals surface area contributed by atoms with E-state index in [2.05, 4.69) is 5.32 Å². The number of hydrogen-bond acceptors (Lipinski definition) is 6.